The molecule has 0 amide bonds. The molecule has 0 atom stereocenters. The molecule has 136 valence electrons. The van der Waals surface area contributed by atoms with E-state index in [1.165, 1.54) is 14.4 Å². The number of allylic oxidation sites excluding steroid dienone is 8. The maximum Gasteiger partial charge on any atom is 0.0420 e. The van der Waals surface area contributed by atoms with Crippen molar-refractivity contribution in [1.29, 1.82) is 0 Å². The average Bonchev–Trinajstić information content (AvgIpc) is 3.16. The van der Waals surface area contributed by atoms with Crippen molar-refractivity contribution >= 4 is 28.0 Å². The van der Waals surface area contributed by atoms with Crippen LogP contribution in [0.3, 0.4) is 0 Å². The molecule has 0 unspecified atom stereocenters. The smallest absolute Gasteiger partial charge is 0.0420 e. The van der Waals surface area contributed by atoms with Gasteiger partial charge in [-0.15, -0.1) is 37.7 Å². The van der Waals surface area contributed by atoms with Gasteiger partial charge in [0.2, 0.25) is 0 Å². The molecule has 0 fully saturated rings. The summed E-state index contributed by atoms with van der Waals surface area (Å²) in [5.41, 5.74) is 2.65. The van der Waals surface area contributed by atoms with Crippen molar-refractivity contribution in [2.75, 3.05) is 13.2 Å². The van der Waals surface area contributed by atoms with Crippen LogP contribution in [0, 0.1) is 12.2 Å². The third-order valence-corrected chi connectivity index (χ3v) is 2.79. The minimum Gasteiger partial charge on any atom is -0.396 e. The second-order valence-corrected chi connectivity index (χ2v) is 7.78. The molecular weight excluding hydrogens is 422 g/mol. The van der Waals surface area contributed by atoms with Crippen molar-refractivity contribution in [2.24, 2.45) is 0 Å². The first kappa shape index (κ1) is 29.0. The summed E-state index contributed by atoms with van der Waals surface area (Å²) in [6.45, 7) is 4.84. The Bertz CT molecular complexity index is 389. The standard InChI is InChI=1S/2C8H11O.C3H6.2ClH.Zr/c2*9-7-3-6-8-4-1-2-5-8;1-3-2;;;/h2*4-5,9H,1,3,6-7H2;1-2H3;2*1H;/q2*-1;;;;+2. The third-order valence-electron chi connectivity index (χ3n) is 2.79. The van der Waals surface area contributed by atoms with Crippen LogP contribution >= 0.6 is 24.8 Å². The van der Waals surface area contributed by atoms with Gasteiger partial charge >= 0.3 is 41.3 Å². The van der Waals surface area contributed by atoms with E-state index in [-0.39, 0.29) is 24.8 Å². The predicted molar refractivity (Wildman–Crippen MR) is 105 cm³/mol. The molecule has 0 saturated heterocycles. The zero-order valence-corrected chi connectivity index (χ0v) is 18.8. The number of rotatable bonds is 6. The molecule has 5 heteroatoms. The van der Waals surface area contributed by atoms with Crippen molar-refractivity contribution in [3.05, 3.63) is 47.6 Å². The van der Waals surface area contributed by atoms with Gasteiger partial charge in [0.05, 0.1) is 0 Å². The molecule has 24 heavy (non-hydrogen) atoms. The van der Waals surface area contributed by atoms with Gasteiger partial charge < -0.3 is 10.2 Å². The fraction of sp³-hybridized carbons (Fsp3) is 0.526. The molecule has 0 heterocycles. The molecule has 2 aliphatic rings. The van der Waals surface area contributed by atoms with E-state index >= 15 is 0 Å². The average molecular weight is 453 g/mol. The minimum atomic E-state index is 0. The number of aliphatic hydroxyl groups is 2. The van der Waals surface area contributed by atoms with Gasteiger partial charge in [0.25, 0.3) is 0 Å². The van der Waals surface area contributed by atoms with Gasteiger partial charge in [0.15, 0.2) is 0 Å². The van der Waals surface area contributed by atoms with Crippen LogP contribution in [0.2, 0.25) is 0 Å². The monoisotopic (exact) mass is 450 g/mol. The Morgan fingerprint density at radius 2 is 1.25 bits per heavy atom. The SMILES string of the molecule is C[C](C)=[Zr+2].Cl.Cl.OCCCC1=CC[C-]=C1.OCCCC1=CC[C-]=C1. The Kier molecular flexibility index (Phi) is 25.7. The van der Waals surface area contributed by atoms with Crippen LogP contribution in [0.15, 0.2) is 35.5 Å². The van der Waals surface area contributed by atoms with Gasteiger partial charge in [-0.05, 0) is 12.8 Å². The molecule has 0 aromatic rings. The molecule has 2 nitrogen and oxygen atoms in total. The third kappa shape index (κ3) is 20.3. The molecule has 0 aliphatic heterocycles. The topological polar surface area (TPSA) is 40.5 Å². The summed E-state index contributed by atoms with van der Waals surface area (Å²) in [6, 6.07) is 0. The van der Waals surface area contributed by atoms with E-state index in [0.717, 1.165) is 38.5 Å². The second-order valence-electron chi connectivity index (χ2n) is 5.32. The summed E-state index contributed by atoms with van der Waals surface area (Å²) in [4.78, 5) is 0. The van der Waals surface area contributed by atoms with Crippen LogP contribution in [0.25, 0.3) is 0 Å². The van der Waals surface area contributed by atoms with Gasteiger partial charge in [0.1, 0.15) is 0 Å². The Morgan fingerprint density at radius 3 is 1.46 bits per heavy atom. The molecular formula is C19H30Cl2O2Zr. The van der Waals surface area contributed by atoms with Crippen molar-refractivity contribution in [2.45, 2.75) is 52.4 Å². The van der Waals surface area contributed by atoms with Gasteiger partial charge in [0, 0.05) is 13.2 Å². The molecule has 0 aromatic heterocycles. The summed E-state index contributed by atoms with van der Waals surface area (Å²) < 4.78 is 1.51. The summed E-state index contributed by atoms with van der Waals surface area (Å²) in [5, 5.41) is 16.9. The number of hydrogen-bond acceptors (Lipinski definition) is 2. The van der Waals surface area contributed by atoms with Crippen molar-refractivity contribution in [1.82, 2.24) is 0 Å². The second kappa shape index (κ2) is 21.3. The van der Waals surface area contributed by atoms with E-state index in [9.17, 15) is 0 Å². The van der Waals surface area contributed by atoms with Crippen LogP contribution in [0.4, 0.5) is 0 Å². The Morgan fingerprint density at radius 1 is 0.917 bits per heavy atom. The van der Waals surface area contributed by atoms with Gasteiger partial charge in [-0.25, -0.2) is 23.3 Å². The summed E-state index contributed by atoms with van der Waals surface area (Å²) in [7, 11) is 0. The molecule has 0 spiro atoms. The normalized spacial score (nSPS) is 13.4. The molecule has 2 aliphatic carbocycles. The fourth-order valence-electron chi connectivity index (χ4n) is 1.79. The van der Waals surface area contributed by atoms with Crippen LogP contribution < -0.4 is 0 Å². The summed E-state index contributed by atoms with van der Waals surface area (Å²) in [6.07, 6.45) is 20.2. The van der Waals surface area contributed by atoms with E-state index < -0.39 is 0 Å². The Labute approximate surface area is 175 Å². The van der Waals surface area contributed by atoms with Crippen molar-refractivity contribution < 1.29 is 34.4 Å². The van der Waals surface area contributed by atoms with Gasteiger partial charge in [-0.1, -0.05) is 12.8 Å². The molecule has 0 radical (unpaired) electrons. The largest absolute Gasteiger partial charge is 0.396 e. The van der Waals surface area contributed by atoms with Crippen LogP contribution in [0.5, 0.6) is 0 Å². The number of halogens is 2. The van der Waals surface area contributed by atoms with E-state index in [1.54, 1.807) is 24.2 Å². The molecule has 0 aromatic carbocycles. The van der Waals surface area contributed by atoms with Crippen LogP contribution in [-0.4, -0.2) is 26.6 Å². The maximum absolute atomic E-state index is 8.47. The van der Waals surface area contributed by atoms with E-state index in [2.05, 4.69) is 38.2 Å². The minimum absolute atomic E-state index is 0. The van der Waals surface area contributed by atoms with Gasteiger partial charge in [-0.3, -0.25) is 12.2 Å². The van der Waals surface area contributed by atoms with E-state index in [4.69, 9.17) is 10.2 Å². The zero-order valence-electron chi connectivity index (χ0n) is 14.7. The van der Waals surface area contributed by atoms with Crippen molar-refractivity contribution in [3.63, 3.8) is 0 Å². The first-order chi connectivity index (χ1) is 10.6. The maximum atomic E-state index is 8.47. The Hall–Kier alpha value is 0.213. The van der Waals surface area contributed by atoms with Crippen LogP contribution in [0.1, 0.15) is 52.4 Å². The number of aliphatic hydroxyl groups excluding tert-OH is 2. The number of hydrogen-bond donors (Lipinski definition) is 2. The zero-order chi connectivity index (χ0) is 16.6. The summed E-state index contributed by atoms with van der Waals surface area (Å²) in [5.74, 6) is 0. The molecule has 2 N–H and O–H groups in total. The van der Waals surface area contributed by atoms with Crippen LogP contribution in [-0.2, 0) is 24.2 Å². The first-order valence-corrected chi connectivity index (χ1v) is 9.07. The Balaban J connectivity index is -0.000000283. The van der Waals surface area contributed by atoms with E-state index in [0.29, 0.717) is 13.2 Å². The van der Waals surface area contributed by atoms with Crippen molar-refractivity contribution in [3.8, 4) is 0 Å². The van der Waals surface area contributed by atoms with Gasteiger partial charge in [-0.2, -0.15) is 12.2 Å². The van der Waals surface area contributed by atoms with E-state index in [1.807, 2.05) is 12.2 Å². The fourth-order valence-corrected chi connectivity index (χ4v) is 1.79. The molecule has 0 saturated carbocycles. The molecule has 0 bridgehead atoms. The predicted octanol–water partition coefficient (Wildman–Crippen LogP) is 4.49. The summed E-state index contributed by atoms with van der Waals surface area (Å²) >= 11 is 1.55. The quantitative estimate of drug-likeness (QED) is 0.583. The first-order valence-electron chi connectivity index (χ1n) is 7.85. The molecule has 2 rings (SSSR count).